The molecule has 13 heavy (non-hydrogen) atoms. The summed E-state index contributed by atoms with van der Waals surface area (Å²) in [6, 6.07) is 0.690. The highest BCUT2D eigenvalue weighted by molar-refractivity contribution is 4.89. The third-order valence-electron chi connectivity index (χ3n) is 3.26. The summed E-state index contributed by atoms with van der Waals surface area (Å²) in [6.07, 6.45) is 5.51. The highest BCUT2D eigenvalue weighted by Crippen LogP contribution is 2.47. The van der Waals surface area contributed by atoms with E-state index in [1.54, 1.807) is 0 Å². The molecule has 1 aliphatic carbocycles. The maximum atomic E-state index is 3.57. The molecule has 1 aliphatic rings. The van der Waals surface area contributed by atoms with Crippen LogP contribution in [0.15, 0.2) is 0 Å². The quantitative estimate of drug-likeness (QED) is 0.667. The van der Waals surface area contributed by atoms with E-state index in [0.717, 1.165) is 5.92 Å². The predicted octanol–water partition coefficient (Wildman–Crippen LogP) is 3.20. The van der Waals surface area contributed by atoms with Crippen molar-refractivity contribution >= 4 is 0 Å². The molecule has 1 rings (SSSR count). The molecule has 0 radical (unpaired) electrons. The van der Waals surface area contributed by atoms with Gasteiger partial charge in [0, 0.05) is 6.04 Å². The van der Waals surface area contributed by atoms with Crippen LogP contribution in [-0.2, 0) is 0 Å². The maximum absolute atomic E-state index is 3.57. The van der Waals surface area contributed by atoms with Crippen LogP contribution in [0.1, 0.15) is 53.4 Å². The van der Waals surface area contributed by atoms with E-state index in [-0.39, 0.29) is 0 Å². The smallest absolute Gasteiger partial charge is 0.00439 e. The van der Waals surface area contributed by atoms with Crippen LogP contribution in [0.5, 0.6) is 0 Å². The van der Waals surface area contributed by atoms with Crippen LogP contribution in [0.4, 0.5) is 0 Å². The Hall–Kier alpha value is -0.0400. The van der Waals surface area contributed by atoms with Gasteiger partial charge < -0.3 is 5.32 Å². The fraction of sp³-hybridized carbons (Fsp3) is 1.00. The average molecular weight is 183 g/mol. The normalized spacial score (nSPS) is 20.3. The zero-order valence-corrected chi connectivity index (χ0v) is 9.69. The molecule has 1 N–H and O–H groups in total. The summed E-state index contributed by atoms with van der Waals surface area (Å²) < 4.78 is 0. The Morgan fingerprint density at radius 1 is 1.38 bits per heavy atom. The van der Waals surface area contributed by atoms with Crippen molar-refractivity contribution in [1.29, 1.82) is 0 Å². The molecule has 1 unspecified atom stereocenters. The van der Waals surface area contributed by atoms with Gasteiger partial charge in [0.15, 0.2) is 0 Å². The van der Waals surface area contributed by atoms with E-state index in [9.17, 15) is 0 Å². The van der Waals surface area contributed by atoms with E-state index in [4.69, 9.17) is 0 Å². The van der Waals surface area contributed by atoms with Gasteiger partial charge in [0.2, 0.25) is 0 Å². The van der Waals surface area contributed by atoms with Gasteiger partial charge >= 0.3 is 0 Å². The summed E-state index contributed by atoms with van der Waals surface area (Å²) in [5.41, 5.74) is 0.570. The summed E-state index contributed by atoms with van der Waals surface area (Å²) in [4.78, 5) is 0. The van der Waals surface area contributed by atoms with Crippen molar-refractivity contribution in [3.8, 4) is 0 Å². The van der Waals surface area contributed by atoms with E-state index >= 15 is 0 Å². The fourth-order valence-corrected chi connectivity index (χ4v) is 2.28. The average Bonchev–Trinajstić information content (AvgIpc) is 2.81. The minimum Gasteiger partial charge on any atom is -0.314 e. The molecule has 0 aromatic heterocycles. The Kier molecular flexibility index (Phi) is 3.78. The van der Waals surface area contributed by atoms with E-state index in [2.05, 4.69) is 33.0 Å². The second-order valence-corrected chi connectivity index (χ2v) is 5.32. The predicted molar refractivity (Wildman–Crippen MR) is 58.9 cm³/mol. The first-order valence-corrected chi connectivity index (χ1v) is 5.79. The molecule has 1 nitrogen and oxygen atoms in total. The monoisotopic (exact) mass is 183 g/mol. The standard InChI is InChI=1S/C12H25N/c1-5-8-13-10(2)9-12(3,4)11-6-7-11/h10-11,13H,5-9H2,1-4H3. The van der Waals surface area contributed by atoms with Crippen molar-refractivity contribution in [3.05, 3.63) is 0 Å². The molecule has 0 aromatic carbocycles. The number of hydrogen-bond donors (Lipinski definition) is 1. The van der Waals surface area contributed by atoms with Crippen LogP contribution < -0.4 is 5.32 Å². The number of hydrogen-bond acceptors (Lipinski definition) is 1. The lowest BCUT2D eigenvalue weighted by Gasteiger charge is -2.28. The zero-order chi connectivity index (χ0) is 9.90. The van der Waals surface area contributed by atoms with E-state index in [1.165, 1.54) is 32.2 Å². The lowest BCUT2D eigenvalue weighted by molar-refractivity contribution is 0.248. The molecular weight excluding hydrogens is 158 g/mol. The molecule has 1 fully saturated rings. The highest BCUT2D eigenvalue weighted by atomic mass is 14.9. The lowest BCUT2D eigenvalue weighted by atomic mass is 9.81. The van der Waals surface area contributed by atoms with Gasteiger partial charge in [0.05, 0.1) is 0 Å². The Bertz CT molecular complexity index is 147. The Morgan fingerprint density at radius 2 is 2.00 bits per heavy atom. The maximum Gasteiger partial charge on any atom is 0.00439 e. The van der Waals surface area contributed by atoms with Crippen molar-refractivity contribution < 1.29 is 0 Å². The first kappa shape index (κ1) is 11.0. The Morgan fingerprint density at radius 3 is 2.46 bits per heavy atom. The Labute approximate surface area is 83.3 Å². The van der Waals surface area contributed by atoms with Crippen molar-refractivity contribution in [2.45, 2.75) is 59.4 Å². The van der Waals surface area contributed by atoms with Crippen LogP contribution in [0.2, 0.25) is 0 Å². The van der Waals surface area contributed by atoms with Gasteiger partial charge in [0.25, 0.3) is 0 Å². The topological polar surface area (TPSA) is 12.0 Å². The second kappa shape index (κ2) is 4.45. The highest BCUT2D eigenvalue weighted by Gasteiger charge is 2.38. The number of nitrogens with one attached hydrogen (secondary N) is 1. The van der Waals surface area contributed by atoms with Crippen LogP contribution >= 0.6 is 0 Å². The summed E-state index contributed by atoms with van der Waals surface area (Å²) in [5.74, 6) is 1.01. The molecule has 0 bridgehead atoms. The van der Waals surface area contributed by atoms with Gasteiger partial charge in [-0.3, -0.25) is 0 Å². The number of rotatable bonds is 6. The summed E-state index contributed by atoms with van der Waals surface area (Å²) in [6.45, 7) is 10.6. The van der Waals surface area contributed by atoms with Gasteiger partial charge in [-0.05, 0) is 50.5 Å². The van der Waals surface area contributed by atoms with Crippen LogP contribution in [-0.4, -0.2) is 12.6 Å². The van der Waals surface area contributed by atoms with E-state index < -0.39 is 0 Å². The van der Waals surface area contributed by atoms with Crippen molar-refractivity contribution in [3.63, 3.8) is 0 Å². The molecule has 0 heterocycles. The van der Waals surface area contributed by atoms with Crippen LogP contribution in [0, 0.1) is 11.3 Å². The minimum absolute atomic E-state index is 0.570. The minimum atomic E-state index is 0.570. The first-order valence-electron chi connectivity index (χ1n) is 5.79. The van der Waals surface area contributed by atoms with Crippen LogP contribution in [0.3, 0.4) is 0 Å². The molecular formula is C12H25N. The first-order chi connectivity index (χ1) is 6.06. The van der Waals surface area contributed by atoms with Gasteiger partial charge in [-0.15, -0.1) is 0 Å². The van der Waals surface area contributed by atoms with E-state index in [0.29, 0.717) is 11.5 Å². The molecule has 78 valence electrons. The summed E-state index contributed by atoms with van der Waals surface area (Å²) in [7, 11) is 0. The molecule has 1 heteroatoms. The molecule has 0 aliphatic heterocycles. The van der Waals surface area contributed by atoms with Crippen molar-refractivity contribution in [2.75, 3.05) is 6.54 Å². The SMILES string of the molecule is CCCNC(C)CC(C)(C)C1CC1. The lowest BCUT2D eigenvalue weighted by Crippen LogP contribution is -2.32. The third kappa shape index (κ3) is 3.68. The van der Waals surface area contributed by atoms with Gasteiger partial charge in [0.1, 0.15) is 0 Å². The third-order valence-corrected chi connectivity index (χ3v) is 3.26. The van der Waals surface area contributed by atoms with Gasteiger partial charge in [-0.1, -0.05) is 20.8 Å². The Balaban J connectivity index is 2.21. The second-order valence-electron chi connectivity index (χ2n) is 5.32. The summed E-state index contributed by atoms with van der Waals surface area (Å²) in [5, 5.41) is 3.57. The van der Waals surface area contributed by atoms with Crippen molar-refractivity contribution in [1.82, 2.24) is 5.32 Å². The zero-order valence-electron chi connectivity index (χ0n) is 9.69. The molecule has 0 saturated heterocycles. The van der Waals surface area contributed by atoms with Gasteiger partial charge in [-0.2, -0.15) is 0 Å². The molecule has 0 amide bonds. The van der Waals surface area contributed by atoms with Gasteiger partial charge in [-0.25, -0.2) is 0 Å². The molecule has 0 spiro atoms. The largest absolute Gasteiger partial charge is 0.314 e. The van der Waals surface area contributed by atoms with Crippen LogP contribution in [0.25, 0.3) is 0 Å². The molecule has 0 aromatic rings. The fourth-order valence-electron chi connectivity index (χ4n) is 2.28. The van der Waals surface area contributed by atoms with E-state index in [1.807, 2.05) is 0 Å². The van der Waals surface area contributed by atoms with Crippen molar-refractivity contribution in [2.24, 2.45) is 11.3 Å². The molecule has 1 saturated carbocycles. The summed E-state index contributed by atoms with van der Waals surface area (Å²) >= 11 is 0. The molecule has 1 atom stereocenters.